The zero-order valence-electron chi connectivity index (χ0n) is 7.87. The molecule has 0 aromatic heterocycles. The van der Waals surface area contributed by atoms with E-state index < -0.39 is 0 Å². The zero-order valence-corrected chi connectivity index (χ0v) is 7.87. The van der Waals surface area contributed by atoms with Crippen molar-refractivity contribution < 1.29 is 0 Å². The summed E-state index contributed by atoms with van der Waals surface area (Å²) in [7, 11) is 0. The maximum absolute atomic E-state index is 2.27. The Balaban J connectivity index is 1.87. The van der Waals surface area contributed by atoms with Crippen molar-refractivity contribution >= 4 is 0 Å². The molecule has 3 rings (SSSR count). The topological polar surface area (TPSA) is 0 Å². The highest BCUT2D eigenvalue weighted by atomic mass is 14.4. The van der Waals surface area contributed by atoms with Crippen molar-refractivity contribution in [1.29, 1.82) is 0 Å². The van der Waals surface area contributed by atoms with Crippen molar-refractivity contribution in [3.8, 4) is 0 Å². The van der Waals surface area contributed by atoms with Crippen molar-refractivity contribution in [2.45, 2.75) is 25.7 Å². The Kier molecular flexibility index (Phi) is 1.68. The molecule has 2 saturated carbocycles. The van der Waals surface area contributed by atoms with Crippen LogP contribution in [0.2, 0.25) is 0 Å². The number of fused-ring (bicyclic) bond motifs is 2. The molecule has 2 unspecified atom stereocenters. The van der Waals surface area contributed by atoms with Crippen LogP contribution in [-0.2, 0) is 0 Å². The van der Waals surface area contributed by atoms with Crippen LogP contribution in [0.4, 0.5) is 0 Å². The average molecular weight is 171 g/mol. The molecular weight excluding hydrogens is 156 g/mol. The number of hydrogen-bond donors (Lipinski definition) is 0. The van der Waals surface area contributed by atoms with E-state index in [-0.39, 0.29) is 0 Å². The fraction of sp³-hybridized carbons (Fsp3) is 0.462. The molecule has 2 bridgehead atoms. The fourth-order valence-electron chi connectivity index (χ4n) is 3.06. The van der Waals surface area contributed by atoms with Crippen LogP contribution in [0.15, 0.2) is 30.3 Å². The van der Waals surface area contributed by atoms with Crippen LogP contribution in [-0.4, -0.2) is 0 Å². The SMILES string of the molecule is c1ccc([C]2CC3CCC2C3)cc1. The molecule has 2 aliphatic rings. The van der Waals surface area contributed by atoms with Gasteiger partial charge < -0.3 is 0 Å². The molecule has 2 atom stereocenters. The Morgan fingerprint density at radius 1 is 1.00 bits per heavy atom. The number of benzene rings is 1. The summed E-state index contributed by atoms with van der Waals surface area (Å²) in [5.41, 5.74) is 1.51. The lowest BCUT2D eigenvalue weighted by molar-refractivity contribution is 0.525. The van der Waals surface area contributed by atoms with Gasteiger partial charge in [0.25, 0.3) is 0 Å². The third-order valence-electron chi connectivity index (χ3n) is 3.69. The maximum Gasteiger partial charge on any atom is 0.00835 e. The van der Waals surface area contributed by atoms with Gasteiger partial charge in [-0.15, -0.1) is 0 Å². The summed E-state index contributed by atoms with van der Waals surface area (Å²) in [6.07, 6.45) is 5.80. The van der Waals surface area contributed by atoms with Crippen molar-refractivity contribution in [1.82, 2.24) is 0 Å². The van der Waals surface area contributed by atoms with Gasteiger partial charge in [0.05, 0.1) is 0 Å². The first kappa shape index (κ1) is 7.61. The lowest BCUT2D eigenvalue weighted by atomic mass is 9.84. The molecule has 1 aromatic rings. The number of hydrogen-bond acceptors (Lipinski definition) is 0. The first-order chi connectivity index (χ1) is 6.43. The molecule has 13 heavy (non-hydrogen) atoms. The van der Waals surface area contributed by atoms with E-state index in [2.05, 4.69) is 30.3 Å². The van der Waals surface area contributed by atoms with Crippen molar-refractivity contribution in [3.63, 3.8) is 0 Å². The molecule has 0 spiro atoms. The first-order valence-corrected chi connectivity index (χ1v) is 5.34. The molecule has 0 aliphatic heterocycles. The molecule has 1 aromatic carbocycles. The highest BCUT2D eigenvalue weighted by Crippen LogP contribution is 2.51. The van der Waals surface area contributed by atoms with Gasteiger partial charge in [0.2, 0.25) is 0 Å². The monoisotopic (exact) mass is 171 g/mol. The van der Waals surface area contributed by atoms with E-state index in [1.807, 2.05) is 0 Å². The normalized spacial score (nSPS) is 32.6. The van der Waals surface area contributed by atoms with Gasteiger partial charge in [-0.25, -0.2) is 0 Å². The average Bonchev–Trinajstić information content (AvgIpc) is 2.80. The Hall–Kier alpha value is -0.780. The van der Waals surface area contributed by atoms with E-state index in [9.17, 15) is 0 Å². The van der Waals surface area contributed by atoms with Gasteiger partial charge in [0.15, 0.2) is 0 Å². The minimum Gasteiger partial charge on any atom is -0.0622 e. The fourth-order valence-corrected chi connectivity index (χ4v) is 3.06. The summed E-state index contributed by atoms with van der Waals surface area (Å²) in [6.45, 7) is 0. The molecule has 0 nitrogen and oxygen atoms in total. The van der Waals surface area contributed by atoms with Crippen molar-refractivity contribution in [2.24, 2.45) is 11.8 Å². The molecule has 0 heterocycles. The standard InChI is InChI=1S/C13H15/c1-2-4-11(5-3-1)13-9-10-6-7-12(13)8-10/h1-5,10,12H,6-9H2. The van der Waals surface area contributed by atoms with E-state index >= 15 is 0 Å². The highest BCUT2D eigenvalue weighted by Gasteiger charge is 2.40. The maximum atomic E-state index is 2.27. The summed E-state index contributed by atoms with van der Waals surface area (Å²) < 4.78 is 0. The molecule has 2 fully saturated rings. The Labute approximate surface area is 80.0 Å². The lowest BCUT2D eigenvalue weighted by Crippen LogP contribution is -2.08. The summed E-state index contributed by atoms with van der Waals surface area (Å²) in [4.78, 5) is 0. The van der Waals surface area contributed by atoms with Crippen LogP contribution in [0.25, 0.3) is 0 Å². The van der Waals surface area contributed by atoms with Gasteiger partial charge in [0, 0.05) is 5.92 Å². The predicted molar refractivity (Wildman–Crippen MR) is 54.2 cm³/mol. The quantitative estimate of drug-likeness (QED) is 0.607. The second-order valence-electron chi connectivity index (χ2n) is 4.47. The van der Waals surface area contributed by atoms with Gasteiger partial charge in [-0.3, -0.25) is 0 Å². The Bertz CT molecular complexity index is 288. The molecule has 67 valence electrons. The van der Waals surface area contributed by atoms with Crippen molar-refractivity contribution in [3.05, 3.63) is 41.8 Å². The third kappa shape index (κ3) is 1.20. The van der Waals surface area contributed by atoms with Gasteiger partial charge in [-0.2, -0.15) is 0 Å². The smallest absolute Gasteiger partial charge is 0.00835 e. The molecule has 0 heteroatoms. The van der Waals surface area contributed by atoms with E-state index in [0.29, 0.717) is 0 Å². The van der Waals surface area contributed by atoms with E-state index in [0.717, 1.165) is 11.8 Å². The van der Waals surface area contributed by atoms with Crippen LogP contribution in [0.5, 0.6) is 0 Å². The molecular formula is C13H15. The minimum absolute atomic E-state index is 0.937. The zero-order chi connectivity index (χ0) is 8.67. The molecule has 0 N–H and O–H groups in total. The van der Waals surface area contributed by atoms with Crippen molar-refractivity contribution in [2.75, 3.05) is 0 Å². The van der Waals surface area contributed by atoms with Gasteiger partial charge >= 0.3 is 0 Å². The van der Waals surface area contributed by atoms with Gasteiger partial charge in [-0.1, -0.05) is 36.8 Å². The molecule has 2 aliphatic carbocycles. The minimum atomic E-state index is 0.937. The second-order valence-corrected chi connectivity index (χ2v) is 4.47. The summed E-state index contributed by atoms with van der Waals surface area (Å²) in [5, 5.41) is 0. The van der Waals surface area contributed by atoms with Crippen LogP contribution in [0, 0.1) is 17.8 Å². The van der Waals surface area contributed by atoms with Gasteiger partial charge in [0.1, 0.15) is 0 Å². The molecule has 1 radical (unpaired) electrons. The van der Waals surface area contributed by atoms with Gasteiger partial charge in [-0.05, 0) is 36.7 Å². The molecule has 0 saturated heterocycles. The summed E-state index contributed by atoms with van der Waals surface area (Å²) in [6, 6.07) is 11.0. The lowest BCUT2D eigenvalue weighted by Gasteiger charge is -2.20. The summed E-state index contributed by atoms with van der Waals surface area (Å²) in [5.74, 6) is 3.71. The van der Waals surface area contributed by atoms with E-state index in [1.165, 1.54) is 31.2 Å². The second kappa shape index (κ2) is 2.87. The predicted octanol–water partition coefficient (Wildman–Crippen LogP) is 3.43. The van der Waals surface area contributed by atoms with Crippen LogP contribution < -0.4 is 0 Å². The van der Waals surface area contributed by atoms with E-state index in [4.69, 9.17) is 0 Å². The van der Waals surface area contributed by atoms with Crippen LogP contribution in [0.3, 0.4) is 0 Å². The van der Waals surface area contributed by atoms with Crippen LogP contribution in [0.1, 0.15) is 31.2 Å². The first-order valence-electron chi connectivity index (χ1n) is 5.34. The third-order valence-corrected chi connectivity index (χ3v) is 3.69. The summed E-state index contributed by atoms with van der Waals surface area (Å²) >= 11 is 0. The Morgan fingerprint density at radius 3 is 2.46 bits per heavy atom. The Morgan fingerprint density at radius 2 is 1.85 bits per heavy atom. The van der Waals surface area contributed by atoms with E-state index in [1.54, 1.807) is 5.92 Å². The number of rotatable bonds is 1. The highest BCUT2D eigenvalue weighted by molar-refractivity contribution is 5.35. The molecule has 0 amide bonds. The largest absolute Gasteiger partial charge is 0.0622 e. The van der Waals surface area contributed by atoms with Crippen LogP contribution >= 0.6 is 0 Å².